The van der Waals surface area contributed by atoms with Crippen LogP contribution in [0.5, 0.6) is 0 Å². The highest BCUT2D eigenvalue weighted by Gasteiger charge is 2.66. The molecule has 1 fully saturated rings. The van der Waals surface area contributed by atoms with E-state index in [2.05, 4.69) is 20.8 Å². The van der Waals surface area contributed by atoms with Gasteiger partial charge in [-0.05, 0) is 18.4 Å². The average molecular weight is 528 g/mol. The first-order chi connectivity index (χ1) is 15.8. The molecule has 2 aliphatic heterocycles. The number of carbonyl (C=O) groups is 4. The molecule has 0 bridgehead atoms. The average Bonchev–Trinajstić information content (AvgIpc) is 3.43. The van der Waals surface area contributed by atoms with E-state index < -0.39 is 29.0 Å². The van der Waals surface area contributed by atoms with E-state index in [1.807, 2.05) is 18.4 Å². The highest BCUT2D eigenvalue weighted by atomic mass is 32.2. The van der Waals surface area contributed by atoms with Gasteiger partial charge in [0.1, 0.15) is 10.4 Å². The van der Waals surface area contributed by atoms with E-state index >= 15 is 0 Å². The van der Waals surface area contributed by atoms with Crippen molar-refractivity contribution in [3.8, 4) is 0 Å². The minimum Gasteiger partial charge on any atom is -0.449 e. The SMILES string of the molecule is Cc1nnc(SCC2=C(OC(=O)O)N3C(=O)[C@@](NC=O)(NC(=O)Cc4cccs4)[C@@H]3SC2)s1. The Kier molecular flexibility index (Phi) is 6.92. The molecule has 2 aromatic rings. The summed E-state index contributed by atoms with van der Waals surface area (Å²) in [6.07, 6.45) is -1.19. The van der Waals surface area contributed by atoms with Crippen LogP contribution in [0.4, 0.5) is 4.79 Å². The number of ether oxygens (including phenoxy) is 1. The standard InChI is InChI=1S/C18H17N5O6S4/c1-9-21-22-16(33-9)32-7-10-6-31-15-18(19-8-24,14(26)23(15)13(10)29-17(27)28)20-12(25)5-11-3-2-4-30-11/h2-4,8,15H,5-7H2,1H3,(H,19,24)(H,20,25)(H,27,28)/t15-,18+/m0/s1. The molecule has 15 heteroatoms. The maximum absolute atomic E-state index is 13.2. The third kappa shape index (κ3) is 4.71. The second-order valence-electron chi connectivity index (χ2n) is 6.87. The summed E-state index contributed by atoms with van der Waals surface area (Å²) in [5.74, 6) is -0.583. The van der Waals surface area contributed by atoms with Gasteiger partial charge in [-0.2, -0.15) is 0 Å². The molecule has 2 atom stereocenters. The highest BCUT2D eigenvalue weighted by Crippen LogP contribution is 2.46. The summed E-state index contributed by atoms with van der Waals surface area (Å²) in [4.78, 5) is 50.4. The van der Waals surface area contributed by atoms with Gasteiger partial charge in [0.2, 0.25) is 23.9 Å². The summed E-state index contributed by atoms with van der Waals surface area (Å²) in [5, 5.41) is 24.1. The number of hydrogen-bond donors (Lipinski definition) is 3. The monoisotopic (exact) mass is 527 g/mol. The van der Waals surface area contributed by atoms with Crippen molar-refractivity contribution in [1.82, 2.24) is 25.7 Å². The van der Waals surface area contributed by atoms with Gasteiger partial charge in [0.25, 0.3) is 5.91 Å². The topological polar surface area (TPSA) is 151 Å². The van der Waals surface area contributed by atoms with Crippen molar-refractivity contribution in [3.05, 3.63) is 38.9 Å². The number of carboxylic acid groups (broad SMARTS) is 1. The highest BCUT2D eigenvalue weighted by molar-refractivity contribution is 8.01. The number of thiophene rings is 1. The first-order valence-corrected chi connectivity index (χ1v) is 13.1. The van der Waals surface area contributed by atoms with Gasteiger partial charge < -0.3 is 20.5 Å². The van der Waals surface area contributed by atoms with Crippen molar-refractivity contribution >= 4 is 70.6 Å². The van der Waals surface area contributed by atoms with Crippen LogP contribution in [0.2, 0.25) is 0 Å². The summed E-state index contributed by atoms with van der Waals surface area (Å²) >= 11 is 5.44. The van der Waals surface area contributed by atoms with E-state index in [-0.39, 0.29) is 12.3 Å². The molecular formula is C18H17N5O6S4. The normalized spacial score (nSPS) is 21.8. The maximum Gasteiger partial charge on any atom is 0.512 e. The number of rotatable bonds is 9. The smallest absolute Gasteiger partial charge is 0.449 e. The van der Waals surface area contributed by atoms with Gasteiger partial charge in [0.15, 0.2) is 4.34 Å². The third-order valence-electron chi connectivity index (χ3n) is 4.70. The van der Waals surface area contributed by atoms with Crippen molar-refractivity contribution in [1.29, 1.82) is 0 Å². The lowest BCUT2D eigenvalue weighted by molar-refractivity contribution is -0.163. The fourth-order valence-corrected chi connectivity index (χ4v) is 7.39. The second kappa shape index (κ2) is 9.70. The van der Waals surface area contributed by atoms with Crippen molar-refractivity contribution in [2.45, 2.75) is 28.7 Å². The number of nitrogens with one attached hydrogen (secondary N) is 2. The number of aryl methyl sites for hydroxylation is 1. The zero-order chi connectivity index (χ0) is 23.6. The van der Waals surface area contributed by atoms with E-state index in [1.165, 1.54) is 46.2 Å². The predicted molar refractivity (Wildman–Crippen MR) is 123 cm³/mol. The predicted octanol–water partition coefficient (Wildman–Crippen LogP) is 1.62. The molecule has 1 saturated heterocycles. The second-order valence-corrected chi connectivity index (χ2v) is 11.4. The molecule has 3 amide bonds. The molecule has 0 radical (unpaired) electrons. The Hall–Kier alpha value is -2.62. The molecule has 33 heavy (non-hydrogen) atoms. The Morgan fingerprint density at radius 1 is 1.45 bits per heavy atom. The van der Waals surface area contributed by atoms with E-state index in [4.69, 9.17) is 4.74 Å². The van der Waals surface area contributed by atoms with Gasteiger partial charge in [-0.25, -0.2) is 4.79 Å². The lowest BCUT2D eigenvalue weighted by Gasteiger charge is -2.56. The van der Waals surface area contributed by atoms with Crippen LogP contribution >= 0.6 is 46.2 Å². The molecule has 11 nitrogen and oxygen atoms in total. The summed E-state index contributed by atoms with van der Waals surface area (Å²) < 4.78 is 5.68. The van der Waals surface area contributed by atoms with Crippen LogP contribution in [0.15, 0.2) is 33.3 Å². The Bertz CT molecular complexity index is 1120. The molecule has 3 N–H and O–H groups in total. The number of β-lactam (4-membered cyclic amide) rings is 1. The van der Waals surface area contributed by atoms with E-state index in [0.717, 1.165) is 14.8 Å². The Balaban J connectivity index is 1.56. The zero-order valence-corrected chi connectivity index (χ0v) is 20.2. The molecule has 0 aliphatic carbocycles. The van der Waals surface area contributed by atoms with Gasteiger partial charge in [-0.3, -0.25) is 19.3 Å². The van der Waals surface area contributed by atoms with Crippen LogP contribution in [0, 0.1) is 6.92 Å². The first-order valence-electron chi connectivity index (χ1n) is 9.39. The molecule has 0 unspecified atom stereocenters. The number of thioether (sulfide) groups is 2. The van der Waals surface area contributed by atoms with Crippen LogP contribution in [0.3, 0.4) is 0 Å². The number of fused-ring (bicyclic) bond motifs is 1. The minimum atomic E-state index is -1.69. The zero-order valence-electron chi connectivity index (χ0n) is 17.0. The molecule has 4 rings (SSSR count). The van der Waals surface area contributed by atoms with Crippen LogP contribution in [0.1, 0.15) is 9.88 Å². The van der Waals surface area contributed by atoms with Crippen molar-refractivity contribution < 1.29 is 29.0 Å². The number of aromatic nitrogens is 2. The third-order valence-corrected chi connectivity index (χ3v) is 9.03. The number of amides is 3. The first kappa shape index (κ1) is 23.5. The molecule has 0 aromatic carbocycles. The van der Waals surface area contributed by atoms with Gasteiger partial charge in [-0.1, -0.05) is 29.2 Å². The Labute approximate surface area is 204 Å². The van der Waals surface area contributed by atoms with Crippen LogP contribution < -0.4 is 10.6 Å². The number of nitrogens with zero attached hydrogens (tertiary/aromatic N) is 3. The lowest BCUT2D eigenvalue weighted by atomic mass is 9.97. The Morgan fingerprint density at radius 2 is 2.27 bits per heavy atom. The summed E-state index contributed by atoms with van der Waals surface area (Å²) in [5.41, 5.74) is -1.11. The van der Waals surface area contributed by atoms with E-state index in [0.29, 0.717) is 27.8 Å². The van der Waals surface area contributed by atoms with Crippen molar-refractivity contribution in [2.24, 2.45) is 0 Å². The van der Waals surface area contributed by atoms with E-state index in [1.54, 1.807) is 6.07 Å². The quantitative estimate of drug-likeness (QED) is 0.144. The van der Waals surface area contributed by atoms with Gasteiger partial charge in [-0.15, -0.1) is 33.3 Å². The van der Waals surface area contributed by atoms with Gasteiger partial charge in [0, 0.05) is 22.0 Å². The number of carbonyl (C=O) groups excluding carboxylic acids is 3. The Morgan fingerprint density at radius 3 is 2.91 bits per heavy atom. The fraction of sp³-hybridized carbons (Fsp3) is 0.333. The largest absolute Gasteiger partial charge is 0.512 e. The number of hydrogen-bond acceptors (Lipinski definition) is 11. The van der Waals surface area contributed by atoms with Crippen LogP contribution in [-0.2, 0) is 25.5 Å². The molecule has 4 heterocycles. The lowest BCUT2D eigenvalue weighted by Crippen LogP contribution is -2.85. The van der Waals surface area contributed by atoms with E-state index in [9.17, 15) is 24.3 Å². The molecule has 0 spiro atoms. The maximum atomic E-state index is 13.2. The van der Waals surface area contributed by atoms with Crippen LogP contribution in [-0.4, -0.2) is 67.1 Å². The minimum absolute atomic E-state index is 0.0437. The summed E-state index contributed by atoms with van der Waals surface area (Å²) in [7, 11) is 0. The van der Waals surface area contributed by atoms with Gasteiger partial charge >= 0.3 is 6.16 Å². The molecule has 174 valence electrons. The molecule has 2 aromatic heterocycles. The van der Waals surface area contributed by atoms with Crippen molar-refractivity contribution in [2.75, 3.05) is 11.5 Å². The molecule has 0 saturated carbocycles. The fourth-order valence-electron chi connectivity index (χ4n) is 3.35. The van der Waals surface area contributed by atoms with Gasteiger partial charge in [0.05, 0.1) is 6.42 Å². The molecule has 2 aliphatic rings. The van der Waals surface area contributed by atoms with Crippen LogP contribution in [0.25, 0.3) is 0 Å². The summed E-state index contributed by atoms with van der Waals surface area (Å²) in [6.45, 7) is 1.83. The molecular weight excluding hydrogens is 510 g/mol. The van der Waals surface area contributed by atoms with Crippen molar-refractivity contribution in [3.63, 3.8) is 0 Å². The summed E-state index contributed by atoms with van der Waals surface area (Å²) in [6, 6.07) is 3.60.